The summed E-state index contributed by atoms with van der Waals surface area (Å²) in [4.78, 5) is 11.5. The van der Waals surface area contributed by atoms with E-state index in [-0.39, 0.29) is 11.9 Å². The molecule has 3 N–H and O–H groups in total. The smallest absolute Gasteiger partial charge is 0.234 e. The first kappa shape index (κ1) is 13.1. The van der Waals surface area contributed by atoms with Crippen LogP contribution >= 0.6 is 0 Å². The average molecular weight is 246 g/mol. The van der Waals surface area contributed by atoms with E-state index >= 15 is 0 Å². The predicted molar refractivity (Wildman–Crippen MR) is 73.1 cm³/mol. The molecule has 3 heteroatoms. The van der Waals surface area contributed by atoms with Gasteiger partial charge in [-0.25, -0.2) is 0 Å². The van der Waals surface area contributed by atoms with Crippen LogP contribution in [0, 0.1) is 0 Å². The van der Waals surface area contributed by atoms with E-state index in [9.17, 15) is 4.79 Å². The van der Waals surface area contributed by atoms with E-state index in [2.05, 4.69) is 5.32 Å². The lowest BCUT2D eigenvalue weighted by Crippen LogP contribution is -2.48. The number of nitrogens with one attached hydrogen (secondary N) is 1. The van der Waals surface area contributed by atoms with E-state index in [0.717, 1.165) is 5.56 Å². The van der Waals surface area contributed by atoms with Gasteiger partial charge in [0.25, 0.3) is 0 Å². The van der Waals surface area contributed by atoms with Crippen LogP contribution in [0.15, 0.2) is 30.3 Å². The molecule has 3 nitrogen and oxygen atoms in total. The first-order valence-electron chi connectivity index (χ1n) is 6.85. The zero-order chi connectivity index (χ0) is 12.8. The number of benzene rings is 1. The lowest BCUT2D eigenvalue weighted by Gasteiger charge is -2.27. The van der Waals surface area contributed by atoms with Gasteiger partial charge in [0.15, 0.2) is 0 Å². The van der Waals surface area contributed by atoms with Gasteiger partial charge in [-0.2, -0.15) is 0 Å². The van der Waals surface area contributed by atoms with Crippen LogP contribution in [0.1, 0.15) is 37.7 Å². The van der Waals surface area contributed by atoms with Gasteiger partial charge in [0.05, 0.1) is 6.04 Å². The molecular formula is C15H22N2O. The molecule has 0 aliphatic heterocycles. The van der Waals surface area contributed by atoms with E-state index in [1.807, 2.05) is 30.3 Å². The Morgan fingerprint density at radius 2 is 1.89 bits per heavy atom. The molecule has 1 saturated carbocycles. The zero-order valence-corrected chi connectivity index (χ0v) is 10.8. The molecule has 0 heterocycles. The minimum absolute atomic E-state index is 0.240. The summed E-state index contributed by atoms with van der Waals surface area (Å²) in [5.41, 5.74) is 6.66. The molecule has 0 radical (unpaired) electrons. The van der Waals surface area contributed by atoms with Crippen LogP contribution < -0.4 is 11.1 Å². The Morgan fingerprint density at radius 3 is 2.50 bits per heavy atom. The zero-order valence-electron chi connectivity index (χ0n) is 10.8. The van der Waals surface area contributed by atoms with Crippen molar-refractivity contribution in [2.75, 3.05) is 0 Å². The normalized spacial score (nSPS) is 18.4. The summed E-state index contributed by atoms with van der Waals surface area (Å²) in [6.07, 6.45) is 6.85. The average Bonchev–Trinajstić information content (AvgIpc) is 2.40. The van der Waals surface area contributed by atoms with Gasteiger partial charge in [-0.1, -0.05) is 49.6 Å². The molecule has 1 aliphatic carbocycles. The van der Waals surface area contributed by atoms with Crippen molar-refractivity contribution in [3.63, 3.8) is 0 Å². The summed E-state index contributed by atoms with van der Waals surface area (Å²) in [5.74, 6) is -0.246. The Morgan fingerprint density at radius 1 is 1.22 bits per heavy atom. The minimum Gasteiger partial charge on any atom is -0.368 e. The molecule has 18 heavy (non-hydrogen) atoms. The molecule has 1 aromatic rings. The van der Waals surface area contributed by atoms with Crippen LogP contribution in [0.2, 0.25) is 0 Å². The Hall–Kier alpha value is -1.35. The van der Waals surface area contributed by atoms with Crippen molar-refractivity contribution in [2.45, 2.75) is 50.6 Å². The fraction of sp³-hybridized carbons (Fsp3) is 0.533. The van der Waals surface area contributed by atoms with Crippen LogP contribution in [0.3, 0.4) is 0 Å². The molecule has 0 spiro atoms. The van der Waals surface area contributed by atoms with Gasteiger partial charge in [0.1, 0.15) is 0 Å². The minimum atomic E-state index is -0.246. The van der Waals surface area contributed by atoms with Gasteiger partial charge in [-0.3, -0.25) is 4.79 Å². The molecule has 1 amide bonds. The number of hydrogen-bond acceptors (Lipinski definition) is 2. The summed E-state index contributed by atoms with van der Waals surface area (Å²) in [5, 5.41) is 3.43. The van der Waals surface area contributed by atoms with Gasteiger partial charge in [0.2, 0.25) is 5.91 Å². The summed E-state index contributed by atoms with van der Waals surface area (Å²) in [6.45, 7) is 0. The van der Waals surface area contributed by atoms with E-state index in [4.69, 9.17) is 5.73 Å². The first-order valence-corrected chi connectivity index (χ1v) is 6.85. The summed E-state index contributed by atoms with van der Waals surface area (Å²) in [6, 6.07) is 10.3. The molecule has 1 unspecified atom stereocenters. The number of hydrogen-bond donors (Lipinski definition) is 2. The number of amides is 1. The first-order chi connectivity index (χ1) is 8.75. The summed E-state index contributed by atoms with van der Waals surface area (Å²) >= 11 is 0. The lowest BCUT2D eigenvalue weighted by molar-refractivity contribution is -0.120. The third-order valence-electron chi connectivity index (χ3n) is 3.67. The van der Waals surface area contributed by atoms with Gasteiger partial charge in [-0.05, 0) is 24.8 Å². The molecule has 0 saturated heterocycles. The molecule has 1 atom stereocenters. The maximum atomic E-state index is 11.5. The Balaban J connectivity index is 1.93. The monoisotopic (exact) mass is 246 g/mol. The van der Waals surface area contributed by atoms with Crippen LogP contribution in [0.5, 0.6) is 0 Å². The van der Waals surface area contributed by atoms with Crippen molar-refractivity contribution in [1.82, 2.24) is 5.32 Å². The van der Waals surface area contributed by atoms with E-state index in [1.54, 1.807) is 0 Å². The van der Waals surface area contributed by atoms with Gasteiger partial charge in [0, 0.05) is 6.04 Å². The molecule has 0 bridgehead atoms. The van der Waals surface area contributed by atoms with Gasteiger partial charge in [-0.15, -0.1) is 0 Å². The quantitative estimate of drug-likeness (QED) is 0.835. The van der Waals surface area contributed by atoms with E-state index in [1.165, 1.54) is 32.1 Å². The summed E-state index contributed by atoms with van der Waals surface area (Å²) < 4.78 is 0. The highest BCUT2D eigenvalue weighted by Crippen LogP contribution is 2.18. The van der Waals surface area contributed by atoms with Crippen LogP contribution in [0.25, 0.3) is 0 Å². The van der Waals surface area contributed by atoms with Crippen molar-refractivity contribution >= 4 is 5.91 Å². The Bertz CT molecular complexity index is 371. The van der Waals surface area contributed by atoms with Gasteiger partial charge < -0.3 is 11.1 Å². The molecule has 2 rings (SSSR count). The van der Waals surface area contributed by atoms with Crippen molar-refractivity contribution < 1.29 is 4.79 Å². The highest BCUT2D eigenvalue weighted by atomic mass is 16.1. The Kier molecular flexibility index (Phi) is 4.76. The third-order valence-corrected chi connectivity index (χ3v) is 3.67. The van der Waals surface area contributed by atoms with E-state index in [0.29, 0.717) is 12.5 Å². The summed E-state index contributed by atoms with van der Waals surface area (Å²) in [7, 11) is 0. The second-order valence-corrected chi connectivity index (χ2v) is 5.15. The Labute approximate surface area is 109 Å². The van der Waals surface area contributed by atoms with Crippen LogP contribution in [0.4, 0.5) is 0 Å². The molecule has 1 fully saturated rings. The number of carbonyl (C=O) groups excluding carboxylic acids is 1. The number of carbonyl (C=O) groups is 1. The van der Waals surface area contributed by atoms with Crippen molar-refractivity contribution in [3.8, 4) is 0 Å². The molecule has 98 valence electrons. The van der Waals surface area contributed by atoms with Crippen molar-refractivity contribution in [3.05, 3.63) is 35.9 Å². The lowest BCUT2D eigenvalue weighted by atomic mass is 9.94. The highest BCUT2D eigenvalue weighted by molar-refractivity contribution is 5.80. The number of nitrogens with two attached hydrogens (primary N) is 1. The van der Waals surface area contributed by atoms with Crippen molar-refractivity contribution in [1.29, 1.82) is 0 Å². The maximum Gasteiger partial charge on any atom is 0.234 e. The van der Waals surface area contributed by atoms with Crippen LogP contribution in [-0.4, -0.2) is 18.0 Å². The largest absolute Gasteiger partial charge is 0.368 e. The maximum absolute atomic E-state index is 11.5. The third kappa shape index (κ3) is 3.84. The second-order valence-electron chi connectivity index (χ2n) is 5.15. The fourth-order valence-corrected chi connectivity index (χ4v) is 2.65. The van der Waals surface area contributed by atoms with Crippen LogP contribution in [-0.2, 0) is 11.2 Å². The number of rotatable bonds is 5. The molecule has 1 aromatic carbocycles. The highest BCUT2D eigenvalue weighted by Gasteiger charge is 2.21. The predicted octanol–water partition coefficient (Wildman–Crippen LogP) is 2.01. The van der Waals surface area contributed by atoms with Gasteiger partial charge >= 0.3 is 0 Å². The second kappa shape index (κ2) is 6.55. The fourth-order valence-electron chi connectivity index (χ4n) is 2.65. The standard InChI is InChI=1S/C15H22N2O/c16-15(18)14(11-12-7-3-1-4-8-12)17-13-9-5-2-6-10-13/h1,3-4,7-8,13-14,17H,2,5-6,9-11H2,(H2,16,18). The van der Waals surface area contributed by atoms with E-state index < -0.39 is 0 Å². The molecule has 0 aromatic heterocycles. The molecular weight excluding hydrogens is 224 g/mol. The molecule has 1 aliphatic rings. The SMILES string of the molecule is NC(=O)C(Cc1ccccc1)NC1CCCCC1. The number of primary amides is 1. The topological polar surface area (TPSA) is 55.1 Å². The van der Waals surface area contributed by atoms with Crippen molar-refractivity contribution in [2.24, 2.45) is 5.73 Å².